The molecule has 2 aromatic carbocycles. The normalized spacial score (nSPS) is 12.1. The number of aromatic nitrogens is 2. The van der Waals surface area contributed by atoms with E-state index in [0.717, 1.165) is 5.75 Å². The third-order valence-electron chi connectivity index (χ3n) is 5.56. The number of H-pyrrole nitrogens is 1. The molecule has 0 fully saturated rings. The topological polar surface area (TPSA) is 75.2 Å². The molecule has 1 heterocycles. The van der Waals surface area contributed by atoms with Crippen LogP contribution in [0.25, 0.3) is 0 Å². The molecule has 3 aromatic rings. The van der Waals surface area contributed by atoms with Gasteiger partial charge in [0, 0.05) is 6.61 Å². The lowest BCUT2D eigenvalue weighted by Gasteiger charge is -2.43. The maximum Gasteiger partial charge on any atom is 0.261 e. The fourth-order valence-electron chi connectivity index (χ4n) is 4.13. The van der Waals surface area contributed by atoms with Gasteiger partial charge in [-0.2, -0.15) is 4.98 Å². The van der Waals surface area contributed by atoms with Crippen LogP contribution in [0.2, 0.25) is 5.04 Å². The third kappa shape index (κ3) is 5.17. The molecule has 0 radical (unpaired) electrons. The number of aromatic amines is 1. The average molecular weight is 469 g/mol. The van der Waals surface area contributed by atoms with E-state index >= 15 is 0 Å². The molecule has 1 aromatic heterocycles. The maximum absolute atomic E-state index is 12.4. The van der Waals surface area contributed by atoms with E-state index in [0.29, 0.717) is 30.2 Å². The summed E-state index contributed by atoms with van der Waals surface area (Å²) in [5.74, 6) is 0.587. The number of nitrogens with one attached hydrogen (secondary N) is 1. The number of nitrogens with zero attached hydrogens (tertiary/aromatic N) is 1. The Labute approximate surface area is 195 Å². The first-order valence-electron chi connectivity index (χ1n) is 11.0. The van der Waals surface area contributed by atoms with Crippen molar-refractivity contribution in [2.75, 3.05) is 12.4 Å². The second-order valence-electron chi connectivity index (χ2n) is 8.72. The van der Waals surface area contributed by atoms with Crippen LogP contribution >= 0.6 is 11.8 Å². The number of rotatable bonds is 9. The number of hydrogen-bond acceptors (Lipinski definition) is 5. The van der Waals surface area contributed by atoms with Gasteiger partial charge in [0.2, 0.25) is 5.88 Å². The van der Waals surface area contributed by atoms with E-state index in [2.05, 4.69) is 79.3 Å². The van der Waals surface area contributed by atoms with Crippen LogP contribution in [0, 0.1) is 0 Å². The molecular formula is C25H32N2O3SSi. The van der Waals surface area contributed by atoms with Crippen molar-refractivity contribution in [1.29, 1.82) is 0 Å². The Bertz CT molecular complexity index is 1030. The first-order valence-corrected chi connectivity index (χ1v) is 13.9. The average Bonchev–Trinajstić information content (AvgIpc) is 2.76. The quantitative estimate of drug-likeness (QED) is 0.214. The van der Waals surface area contributed by atoms with Crippen molar-refractivity contribution in [1.82, 2.24) is 9.97 Å². The predicted octanol–water partition coefficient (Wildman–Crippen LogP) is 4.10. The van der Waals surface area contributed by atoms with Gasteiger partial charge in [-0.25, -0.2) is 0 Å². The molecule has 0 atom stereocenters. The van der Waals surface area contributed by atoms with Crippen LogP contribution in [0.5, 0.6) is 5.88 Å². The standard InChI is InChI=1S/C25H32N2O3SSi/c1-5-31-24-26-22(28)21(23(29)27-24)17-12-18-30-32(25(2,3)4,19-13-8-6-9-14-19)20-15-10-7-11-16-20/h6-11,13-16H,5,12,17-18H2,1-4H3,(H2,26,27,28,29). The Morgan fingerprint density at radius 2 is 1.59 bits per heavy atom. The molecule has 0 saturated carbocycles. The Kier molecular flexibility index (Phi) is 7.98. The summed E-state index contributed by atoms with van der Waals surface area (Å²) in [5.41, 5.74) is 0.0374. The van der Waals surface area contributed by atoms with Gasteiger partial charge in [0.15, 0.2) is 5.16 Å². The van der Waals surface area contributed by atoms with Gasteiger partial charge in [0.25, 0.3) is 13.9 Å². The fraction of sp³-hybridized carbons (Fsp3) is 0.360. The molecule has 0 amide bonds. The summed E-state index contributed by atoms with van der Waals surface area (Å²) in [6, 6.07) is 21.0. The van der Waals surface area contributed by atoms with Crippen molar-refractivity contribution in [2.45, 2.75) is 50.7 Å². The van der Waals surface area contributed by atoms with Crippen LogP contribution in [0.15, 0.2) is 70.6 Å². The summed E-state index contributed by atoms with van der Waals surface area (Å²) in [6.07, 6.45) is 1.02. The zero-order valence-corrected chi connectivity index (χ0v) is 21.0. The van der Waals surface area contributed by atoms with Crippen molar-refractivity contribution in [3.63, 3.8) is 0 Å². The summed E-state index contributed by atoms with van der Waals surface area (Å²) in [6.45, 7) is 9.17. The molecule has 170 valence electrons. The highest BCUT2D eigenvalue weighted by Gasteiger charge is 2.49. The Morgan fingerprint density at radius 1 is 1.03 bits per heavy atom. The second kappa shape index (κ2) is 10.5. The SMILES string of the molecule is CCSc1nc(O)c(CCCO[Si](c2ccccc2)(c2ccccc2)C(C)(C)C)c(=O)[nH]1. The lowest BCUT2D eigenvalue weighted by atomic mass is 10.2. The minimum Gasteiger partial charge on any atom is -0.493 e. The summed E-state index contributed by atoms with van der Waals surface area (Å²) >= 11 is 1.40. The lowest BCUT2D eigenvalue weighted by Crippen LogP contribution is -2.66. The number of benzene rings is 2. The zero-order chi connectivity index (χ0) is 23.2. The van der Waals surface area contributed by atoms with Crippen molar-refractivity contribution in [2.24, 2.45) is 0 Å². The van der Waals surface area contributed by atoms with Crippen LogP contribution in [0.1, 0.15) is 39.7 Å². The highest BCUT2D eigenvalue weighted by Crippen LogP contribution is 2.36. The Balaban J connectivity index is 1.86. The van der Waals surface area contributed by atoms with Gasteiger partial charge in [-0.1, -0.05) is 100 Å². The van der Waals surface area contributed by atoms with Gasteiger partial charge in [0.05, 0.1) is 5.56 Å². The van der Waals surface area contributed by atoms with E-state index in [4.69, 9.17) is 4.43 Å². The summed E-state index contributed by atoms with van der Waals surface area (Å²) < 4.78 is 6.85. The number of hydrogen-bond donors (Lipinski definition) is 2. The molecule has 0 aliphatic carbocycles. The van der Waals surface area contributed by atoms with Crippen LogP contribution in [-0.4, -0.2) is 35.8 Å². The molecule has 0 aliphatic rings. The summed E-state index contributed by atoms with van der Waals surface area (Å²) in [5, 5.41) is 13.1. The molecule has 0 bridgehead atoms. The molecule has 0 saturated heterocycles. The van der Waals surface area contributed by atoms with Crippen molar-refractivity contribution >= 4 is 30.5 Å². The van der Waals surface area contributed by atoms with Crippen LogP contribution in [-0.2, 0) is 10.8 Å². The van der Waals surface area contributed by atoms with Gasteiger partial charge in [-0.3, -0.25) is 4.79 Å². The number of thioether (sulfide) groups is 1. The third-order valence-corrected chi connectivity index (χ3v) is 11.4. The second-order valence-corrected chi connectivity index (χ2v) is 14.3. The predicted molar refractivity (Wildman–Crippen MR) is 135 cm³/mol. The minimum absolute atomic E-state index is 0.101. The molecule has 7 heteroatoms. The van der Waals surface area contributed by atoms with E-state index in [-0.39, 0.29) is 16.5 Å². The van der Waals surface area contributed by atoms with Gasteiger partial charge in [-0.05, 0) is 34.0 Å². The lowest BCUT2D eigenvalue weighted by molar-refractivity contribution is 0.291. The fourth-order valence-corrected chi connectivity index (χ4v) is 9.33. The Morgan fingerprint density at radius 3 is 2.06 bits per heavy atom. The first-order chi connectivity index (χ1) is 15.3. The van der Waals surface area contributed by atoms with Crippen molar-refractivity contribution in [3.05, 3.63) is 76.6 Å². The van der Waals surface area contributed by atoms with E-state index in [9.17, 15) is 9.90 Å². The van der Waals surface area contributed by atoms with Gasteiger partial charge >= 0.3 is 0 Å². The molecule has 2 N–H and O–H groups in total. The monoisotopic (exact) mass is 468 g/mol. The van der Waals surface area contributed by atoms with Gasteiger partial charge in [0.1, 0.15) is 0 Å². The molecule has 32 heavy (non-hydrogen) atoms. The summed E-state index contributed by atoms with van der Waals surface area (Å²) in [7, 11) is -2.60. The first kappa shape index (κ1) is 24.3. The smallest absolute Gasteiger partial charge is 0.261 e. The van der Waals surface area contributed by atoms with E-state index in [1.165, 1.54) is 22.1 Å². The largest absolute Gasteiger partial charge is 0.493 e. The molecule has 0 aliphatic heterocycles. The molecule has 5 nitrogen and oxygen atoms in total. The van der Waals surface area contributed by atoms with Gasteiger partial charge < -0.3 is 14.5 Å². The van der Waals surface area contributed by atoms with E-state index in [1.54, 1.807) is 0 Å². The molecule has 3 rings (SSSR count). The van der Waals surface area contributed by atoms with Crippen LogP contribution in [0.4, 0.5) is 0 Å². The Hall–Kier alpha value is -2.35. The van der Waals surface area contributed by atoms with Crippen molar-refractivity contribution < 1.29 is 9.53 Å². The number of aromatic hydroxyl groups is 1. The molecular weight excluding hydrogens is 436 g/mol. The van der Waals surface area contributed by atoms with Crippen LogP contribution in [0.3, 0.4) is 0 Å². The zero-order valence-electron chi connectivity index (χ0n) is 19.2. The molecule has 0 spiro atoms. The highest BCUT2D eigenvalue weighted by atomic mass is 32.2. The maximum atomic E-state index is 12.4. The van der Waals surface area contributed by atoms with Crippen molar-refractivity contribution in [3.8, 4) is 5.88 Å². The minimum atomic E-state index is -2.60. The highest BCUT2D eigenvalue weighted by molar-refractivity contribution is 7.99. The molecule has 0 unspecified atom stereocenters. The van der Waals surface area contributed by atoms with E-state index in [1.807, 2.05) is 19.1 Å². The van der Waals surface area contributed by atoms with Gasteiger partial charge in [-0.15, -0.1) is 0 Å². The van der Waals surface area contributed by atoms with Crippen LogP contribution < -0.4 is 15.9 Å². The summed E-state index contributed by atoms with van der Waals surface area (Å²) in [4.78, 5) is 19.3. The van der Waals surface area contributed by atoms with E-state index < -0.39 is 8.32 Å².